The number of carbonyl (C=O) groups excluding carboxylic acids is 1. The number of piperidine rings is 1. The molecule has 2 amide bonds. The van der Waals surface area contributed by atoms with Crippen LogP contribution in [-0.2, 0) is 4.74 Å². The van der Waals surface area contributed by atoms with Crippen LogP contribution < -0.4 is 5.32 Å². The van der Waals surface area contributed by atoms with E-state index in [9.17, 15) is 4.79 Å². The molecule has 2 heterocycles. The Kier molecular flexibility index (Phi) is 5.38. The van der Waals surface area contributed by atoms with E-state index in [-0.39, 0.29) is 18.2 Å². The van der Waals surface area contributed by atoms with Gasteiger partial charge in [-0.3, -0.25) is 0 Å². The first-order valence-corrected chi connectivity index (χ1v) is 8.77. The van der Waals surface area contributed by atoms with E-state index in [0.717, 1.165) is 24.2 Å². The van der Waals surface area contributed by atoms with Gasteiger partial charge in [0.1, 0.15) is 0 Å². The lowest BCUT2D eigenvalue weighted by Crippen LogP contribution is -2.50. The third-order valence-electron chi connectivity index (χ3n) is 4.97. The molecule has 1 N–H and O–H groups in total. The first-order chi connectivity index (χ1) is 12.1. The van der Waals surface area contributed by atoms with E-state index < -0.39 is 0 Å². The molecule has 6 heteroatoms. The van der Waals surface area contributed by atoms with Crippen molar-refractivity contribution < 1.29 is 9.53 Å². The number of nitrogens with one attached hydrogen (secondary N) is 1. The fraction of sp³-hybridized carbons (Fsp3) is 0.474. The SMILES string of the molecule is CO[C@@H]1CN(C(=O)N[C@H](C)c2ccccc2-n2cccn2)CC[C@@H]1C. The summed E-state index contributed by atoms with van der Waals surface area (Å²) in [6.07, 6.45) is 4.72. The van der Waals surface area contributed by atoms with Gasteiger partial charge in [0.2, 0.25) is 0 Å². The molecule has 1 saturated heterocycles. The van der Waals surface area contributed by atoms with Crippen molar-refractivity contribution in [1.82, 2.24) is 20.0 Å². The zero-order chi connectivity index (χ0) is 17.8. The van der Waals surface area contributed by atoms with Crippen molar-refractivity contribution in [3.05, 3.63) is 48.3 Å². The number of hydrogen-bond donors (Lipinski definition) is 1. The van der Waals surface area contributed by atoms with E-state index in [1.54, 1.807) is 13.3 Å². The van der Waals surface area contributed by atoms with Gasteiger partial charge in [-0.2, -0.15) is 5.10 Å². The molecule has 0 saturated carbocycles. The van der Waals surface area contributed by atoms with Gasteiger partial charge in [-0.25, -0.2) is 9.48 Å². The number of urea groups is 1. The highest BCUT2D eigenvalue weighted by atomic mass is 16.5. The smallest absolute Gasteiger partial charge is 0.317 e. The minimum Gasteiger partial charge on any atom is -0.379 e. The highest BCUT2D eigenvalue weighted by Crippen LogP contribution is 2.23. The van der Waals surface area contributed by atoms with Gasteiger partial charge < -0.3 is 15.0 Å². The molecule has 1 aromatic heterocycles. The number of nitrogens with zero attached hydrogens (tertiary/aromatic N) is 3. The molecule has 0 aliphatic carbocycles. The molecule has 1 fully saturated rings. The van der Waals surface area contributed by atoms with Gasteiger partial charge in [-0.1, -0.05) is 25.1 Å². The Morgan fingerprint density at radius 3 is 2.88 bits per heavy atom. The van der Waals surface area contributed by atoms with Crippen molar-refractivity contribution in [1.29, 1.82) is 0 Å². The Bertz CT molecular complexity index is 701. The Morgan fingerprint density at radius 1 is 1.36 bits per heavy atom. The van der Waals surface area contributed by atoms with Crippen molar-refractivity contribution in [2.45, 2.75) is 32.4 Å². The van der Waals surface area contributed by atoms with Crippen LogP contribution in [0.2, 0.25) is 0 Å². The normalized spacial score (nSPS) is 21.8. The Hall–Kier alpha value is -2.34. The number of hydrogen-bond acceptors (Lipinski definition) is 3. The summed E-state index contributed by atoms with van der Waals surface area (Å²) in [6, 6.07) is 9.72. The number of likely N-dealkylation sites (tertiary alicyclic amines) is 1. The molecule has 0 radical (unpaired) electrons. The third kappa shape index (κ3) is 3.85. The number of carbonyl (C=O) groups is 1. The second-order valence-electron chi connectivity index (χ2n) is 6.67. The number of para-hydroxylation sites is 1. The number of ether oxygens (including phenoxy) is 1. The van der Waals surface area contributed by atoms with E-state index in [0.29, 0.717) is 12.5 Å². The fourth-order valence-corrected chi connectivity index (χ4v) is 3.35. The van der Waals surface area contributed by atoms with Gasteiger partial charge in [-0.05, 0) is 37.0 Å². The second kappa shape index (κ2) is 7.70. The molecule has 6 nitrogen and oxygen atoms in total. The van der Waals surface area contributed by atoms with Gasteiger partial charge in [0.15, 0.2) is 0 Å². The summed E-state index contributed by atoms with van der Waals surface area (Å²) in [5.74, 6) is 0.479. The maximum atomic E-state index is 12.7. The summed E-state index contributed by atoms with van der Waals surface area (Å²) >= 11 is 0. The molecule has 0 spiro atoms. The lowest BCUT2D eigenvalue weighted by molar-refractivity contribution is 0.00689. The average Bonchev–Trinajstić information content (AvgIpc) is 3.16. The monoisotopic (exact) mass is 342 g/mol. The van der Waals surface area contributed by atoms with E-state index in [1.807, 2.05) is 53.0 Å². The Balaban J connectivity index is 1.71. The zero-order valence-corrected chi connectivity index (χ0v) is 15.1. The summed E-state index contributed by atoms with van der Waals surface area (Å²) in [5.41, 5.74) is 2.01. The predicted octanol–water partition coefficient (Wildman–Crippen LogP) is 3.00. The van der Waals surface area contributed by atoms with Crippen LogP contribution in [0.4, 0.5) is 4.79 Å². The summed E-state index contributed by atoms with van der Waals surface area (Å²) < 4.78 is 7.33. The standard InChI is InChI=1S/C19H26N4O2/c1-14-9-12-22(13-18(14)25-3)19(24)21-15(2)16-7-4-5-8-17(16)23-11-6-10-20-23/h4-8,10-11,14-15,18H,9,12-13H2,1-3H3,(H,21,24)/t14-,15+,18+/m0/s1. The molecule has 1 aliphatic rings. The lowest BCUT2D eigenvalue weighted by Gasteiger charge is -2.36. The fourth-order valence-electron chi connectivity index (χ4n) is 3.35. The van der Waals surface area contributed by atoms with Crippen LogP contribution >= 0.6 is 0 Å². The first kappa shape index (κ1) is 17.5. The van der Waals surface area contributed by atoms with Gasteiger partial charge in [0.25, 0.3) is 0 Å². The molecule has 134 valence electrons. The van der Waals surface area contributed by atoms with Crippen molar-refractivity contribution in [3.63, 3.8) is 0 Å². The van der Waals surface area contributed by atoms with Crippen LogP contribution in [0, 0.1) is 5.92 Å². The lowest BCUT2D eigenvalue weighted by atomic mass is 9.96. The van der Waals surface area contributed by atoms with Crippen LogP contribution in [-0.4, -0.2) is 47.0 Å². The summed E-state index contributed by atoms with van der Waals surface area (Å²) in [6.45, 7) is 5.57. The summed E-state index contributed by atoms with van der Waals surface area (Å²) in [5, 5.41) is 7.42. The van der Waals surface area contributed by atoms with E-state index in [4.69, 9.17) is 4.74 Å². The maximum Gasteiger partial charge on any atom is 0.317 e. The molecular formula is C19H26N4O2. The topological polar surface area (TPSA) is 59.4 Å². The molecule has 0 unspecified atom stereocenters. The third-order valence-corrected chi connectivity index (χ3v) is 4.97. The van der Waals surface area contributed by atoms with Gasteiger partial charge in [-0.15, -0.1) is 0 Å². The number of amides is 2. The molecule has 2 aromatic rings. The highest BCUT2D eigenvalue weighted by molar-refractivity contribution is 5.75. The van der Waals surface area contributed by atoms with Crippen LogP contribution in [0.1, 0.15) is 31.9 Å². The predicted molar refractivity (Wildman–Crippen MR) is 96.7 cm³/mol. The van der Waals surface area contributed by atoms with Gasteiger partial charge in [0, 0.05) is 32.6 Å². The van der Waals surface area contributed by atoms with Crippen molar-refractivity contribution in [3.8, 4) is 5.69 Å². The maximum absolute atomic E-state index is 12.7. The number of rotatable bonds is 4. The van der Waals surface area contributed by atoms with E-state index in [1.165, 1.54) is 0 Å². The Morgan fingerprint density at radius 2 is 2.16 bits per heavy atom. The largest absolute Gasteiger partial charge is 0.379 e. The van der Waals surface area contributed by atoms with Crippen LogP contribution in [0.15, 0.2) is 42.7 Å². The summed E-state index contributed by atoms with van der Waals surface area (Å²) in [7, 11) is 1.71. The number of methoxy groups -OCH3 is 1. The van der Waals surface area contributed by atoms with Crippen LogP contribution in [0.3, 0.4) is 0 Å². The summed E-state index contributed by atoms with van der Waals surface area (Å²) in [4.78, 5) is 14.5. The molecule has 0 bridgehead atoms. The minimum atomic E-state index is -0.117. The quantitative estimate of drug-likeness (QED) is 0.929. The van der Waals surface area contributed by atoms with Crippen molar-refractivity contribution in [2.24, 2.45) is 5.92 Å². The van der Waals surface area contributed by atoms with Crippen LogP contribution in [0.5, 0.6) is 0 Å². The van der Waals surface area contributed by atoms with Gasteiger partial charge >= 0.3 is 6.03 Å². The van der Waals surface area contributed by atoms with Crippen LogP contribution in [0.25, 0.3) is 5.69 Å². The molecule has 3 atom stereocenters. The minimum absolute atomic E-state index is 0.0447. The first-order valence-electron chi connectivity index (χ1n) is 8.77. The van der Waals surface area contributed by atoms with Crippen molar-refractivity contribution >= 4 is 6.03 Å². The highest BCUT2D eigenvalue weighted by Gasteiger charge is 2.29. The molecular weight excluding hydrogens is 316 g/mol. The van der Waals surface area contributed by atoms with Crippen molar-refractivity contribution in [2.75, 3.05) is 20.2 Å². The van der Waals surface area contributed by atoms with E-state index >= 15 is 0 Å². The van der Waals surface area contributed by atoms with Gasteiger partial charge in [0.05, 0.1) is 17.8 Å². The van der Waals surface area contributed by atoms with E-state index in [2.05, 4.69) is 17.3 Å². The molecule has 1 aliphatic heterocycles. The Labute approximate surface area is 148 Å². The molecule has 1 aromatic carbocycles. The molecule has 3 rings (SSSR count). The number of benzene rings is 1. The molecule has 25 heavy (non-hydrogen) atoms. The second-order valence-corrected chi connectivity index (χ2v) is 6.67. The number of aromatic nitrogens is 2. The zero-order valence-electron chi connectivity index (χ0n) is 15.1. The average molecular weight is 342 g/mol.